The van der Waals surface area contributed by atoms with E-state index in [2.05, 4.69) is 0 Å². The number of carbonyl (C=O) groups is 3. The predicted molar refractivity (Wildman–Crippen MR) is 81.4 cm³/mol. The van der Waals surface area contributed by atoms with Crippen LogP contribution in [0.1, 0.15) is 24.8 Å². The Bertz CT molecular complexity index is 681. The molecule has 0 N–H and O–H groups in total. The number of Topliss-reactive ketones (excluding diaryl/α,β-unsaturated/α-hetero) is 1. The SMILES string of the molecule is COc1ccc(CN2C(=O)[C@H]3[C@@H]4CC[C@@H](C(=O)C4)[C@H]3C2=O)cc1. The summed E-state index contributed by atoms with van der Waals surface area (Å²) in [5.41, 5.74) is 0.893. The fourth-order valence-electron chi connectivity index (χ4n) is 4.52. The van der Waals surface area contributed by atoms with Crippen LogP contribution in [-0.4, -0.2) is 29.6 Å². The Morgan fingerprint density at radius 2 is 1.74 bits per heavy atom. The lowest BCUT2D eigenvalue weighted by Gasteiger charge is -2.41. The number of benzene rings is 1. The quantitative estimate of drug-likeness (QED) is 0.798. The van der Waals surface area contributed by atoms with Gasteiger partial charge in [0.15, 0.2) is 0 Å². The van der Waals surface area contributed by atoms with Crippen molar-refractivity contribution in [2.75, 3.05) is 7.11 Å². The van der Waals surface area contributed by atoms with Crippen LogP contribution in [0.25, 0.3) is 0 Å². The standard InChI is InChI=1S/C18H19NO4/c1-23-12-5-2-10(3-6-12)9-19-17(21)15-11-4-7-13(14(20)8-11)16(15)18(19)22/h2-3,5-6,11,13,15-16H,4,7-9H2,1H3/t11-,13+,15+,16-/m1/s1. The van der Waals surface area contributed by atoms with Gasteiger partial charge in [0.05, 0.1) is 25.5 Å². The molecule has 0 aromatic heterocycles. The average molecular weight is 313 g/mol. The Morgan fingerprint density at radius 1 is 1.04 bits per heavy atom. The molecule has 1 aromatic rings. The zero-order valence-electron chi connectivity index (χ0n) is 13.0. The topological polar surface area (TPSA) is 63.7 Å². The summed E-state index contributed by atoms with van der Waals surface area (Å²) in [6, 6.07) is 7.36. The third-order valence-electron chi connectivity index (χ3n) is 5.66. The molecular weight excluding hydrogens is 294 g/mol. The van der Waals surface area contributed by atoms with Gasteiger partial charge in [0.1, 0.15) is 11.5 Å². The first kappa shape index (κ1) is 14.4. The maximum Gasteiger partial charge on any atom is 0.234 e. The highest BCUT2D eigenvalue weighted by Crippen LogP contribution is 2.51. The number of likely N-dealkylation sites (tertiary alicyclic amines) is 1. The lowest BCUT2D eigenvalue weighted by atomic mass is 9.59. The molecule has 1 heterocycles. The molecule has 3 aliphatic carbocycles. The van der Waals surface area contributed by atoms with Crippen LogP contribution in [0, 0.1) is 23.7 Å². The third kappa shape index (κ3) is 2.10. The Morgan fingerprint density at radius 3 is 2.39 bits per heavy atom. The molecule has 23 heavy (non-hydrogen) atoms. The Labute approximate surface area is 134 Å². The number of carbonyl (C=O) groups excluding carboxylic acids is 3. The number of ketones is 1. The summed E-state index contributed by atoms with van der Waals surface area (Å²) in [6.07, 6.45) is 2.13. The van der Waals surface area contributed by atoms with E-state index in [0.717, 1.165) is 24.2 Å². The second-order valence-corrected chi connectivity index (χ2v) is 6.78. The first-order valence-corrected chi connectivity index (χ1v) is 8.11. The van der Waals surface area contributed by atoms with Gasteiger partial charge in [0, 0.05) is 12.3 Å². The van der Waals surface area contributed by atoms with Crippen LogP contribution in [-0.2, 0) is 20.9 Å². The number of ether oxygens (including phenoxy) is 1. The molecule has 1 saturated heterocycles. The minimum Gasteiger partial charge on any atom is -0.497 e. The molecule has 5 rings (SSSR count). The van der Waals surface area contributed by atoms with Crippen molar-refractivity contribution in [1.29, 1.82) is 0 Å². The normalized spacial score (nSPS) is 32.4. The second-order valence-electron chi connectivity index (χ2n) is 6.78. The number of fused-ring (bicyclic) bond motifs is 2. The molecule has 0 unspecified atom stereocenters. The summed E-state index contributed by atoms with van der Waals surface area (Å²) < 4.78 is 5.12. The van der Waals surface area contributed by atoms with E-state index < -0.39 is 5.92 Å². The fourth-order valence-corrected chi connectivity index (χ4v) is 4.52. The van der Waals surface area contributed by atoms with Crippen molar-refractivity contribution in [2.24, 2.45) is 23.7 Å². The summed E-state index contributed by atoms with van der Waals surface area (Å²) in [6.45, 7) is 0.280. The van der Waals surface area contributed by atoms with Crippen LogP contribution in [0.5, 0.6) is 5.75 Å². The summed E-state index contributed by atoms with van der Waals surface area (Å²) in [5.74, 6) is -0.160. The van der Waals surface area contributed by atoms with Gasteiger partial charge >= 0.3 is 0 Å². The number of hydrogen-bond acceptors (Lipinski definition) is 4. The molecule has 1 aliphatic heterocycles. The molecule has 3 saturated carbocycles. The van der Waals surface area contributed by atoms with Crippen LogP contribution in [0.4, 0.5) is 0 Å². The maximum absolute atomic E-state index is 12.7. The number of imide groups is 1. The summed E-state index contributed by atoms with van der Waals surface area (Å²) in [7, 11) is 1.60. The first-order chi connectivity index (χ1) is 11.1. The number of hydrogen-bond donors (Lipinski definition) is 0. The van der Waals surface area contributed by atoms with Crippen molar-refractivity contribution in [1.82, 2.24) is 4.90 Å². The molecule has 4 fully saturated rings. The largest absolute Gasteiger partial charge is 0.497 e. The predicted octanol–water partition coefficient (Wildman–Crippen LogP) is 1.80. The van der Waals surface area contributed by atoms with Crippen LogP contribution in [0.15, 0.2) is 24.3 Å². The Kier molecular flexibility index (Phi) is 3.25. The van der Waals surface area contributed by atoms with Gasteiger partial charge in [-0.15, -0.1) is 0 Å². The van der Waals surface area contributed by atoms with E-state index in [0.29, 0.717) is 6.42 Å². The molecule has 120 valence electrons. The van der Waals surface area contributed by atoms with Crippen LogP contribution >= 0.6 is 0 Å². The second kappa shape index (κ2) is 5.18. The van der Waals surface area contributed by atoms with Gasteiger partial charge in [-0.25, -0.2) is 0 Å². The highest BCUT2D eigenvalue weighted by atomic mass is 16.5. The first-order valence-electron chi connectivity index (χ1n) is 8.11. The number of amides is 2. The summed E-state index contributed by atoms with van der Waals surface area (Å²) >= 11 is 0. The van der Waals surface area contributed by atoms with E-state index in [9.17, 15) is 14.4 Å². The molecule has 4 aliphatic rings. The van der Waals surface area contributed by atoms with Crippen molar-refractivity contribution in [3.05, 3.63) is 29.8 Å². The van der Waals surface area contributed by atoms with Gasteiger partial charge in [-0.3, -0.25) is 19.3 Å². The molecule has 2 amide bonds. The monoisotopic (exact) mass is 313 g/mol. The number of rotatable bonds is 3. The minimum absolute atomic E-state index is 0.0646. The molecular formula is C18H19NO4. The summed E-state index contributed by atoms with van der Waals surface area (Å²) in [5, 5.41) is 0. The van der Waals surface area contributed by atoms with E-state index in [1.54, 1.807) is 7.11 Å². The number of methoxy groups -OCH3 is 1. The van der Waals surface area contributed by atoms with E-state index in [4.69, 9.17) is 4.74 Å². The van der Waals surface area contributed by atoms with Crippen molar-refractivity contribution in [3.8, 4) is 5.75 Å². The van der Waals surface area contributed by atoms with Crippen LogP contribution in [0.3, 0.4) is 0 Å². The van der Waals surface area contributed by atoms with E-state index in [1.807, 2.05) is 24.3 Å². The molecule has 2 bridgehead atoms. The fraction of sp³-hybridized carbons (Fsp3) is 0.500. The van der Waals surface area contributed by atoms with E-state index in [-0.39, 0.29) is 41.9 Å². The van der Waals surface area contributed by atoms with E-state index in [1.165, 1.54) is 4.90 Å². The number of nitrogens with zero attached hydrogens (tertiary/aromatic N) is 1. The maximum atomic E-state index is 12.7. The minimum atomic E-state index is -0.402. The zero-order chi connectivity index (χ0) is 16.1. The van der Waals surface area contributed by atoms with E-state index >= 15 is 0 Å². The smallest absolute Gasteiger partial charge is 0.234 e. The molecule has 4 atom stereocenters. The highest BCUT2D eigenvalue weighted by Gasteiger charge is 2.60. The van der Waals surface area contributed by atoms with Gasteiger partial charge in [0.2, 0.25) is 11.8 Å². The van der Waals surface area contributed by atoms with Crippen LogP contribution in [0.2, 0.25) is 0 Å². The van der Waals surface area contributed by atoms with Crippen LogP contribution < -0.4 is 4.74 Å². The molecule has 5 heteroatoms. The average Bonchev–Trinajstić information content (AvgIpc) is 2.83. The van der Waals surface area contributed by atoms with Crippen molar-refractivity contribution in [3.63, 3.8) is 0 Å². The zero-order valence-corrected chi connectivity index (χ0v) is 13.0. The molecule has 1 aromatic carbocycles. The lowest BCUT2D eigenvalue weighted by Crippen LogP contribution is -2.46. The van der Waals surface area contributed by atoms with Crippen molar-refractivity contribution in [2.45, 2.75) is 25.8 Å². The molecule has 5 nitrogen and oxygen atoms in total. The lowest BCUT2D eigenvalue weighted by molar-refractivity contribution is -0.144. The molecule has 0 spiro atoms. The highest BCUT2D eigenvalue weighted by molar-refractivity contribution is 6.08. The van der Waals surface area contributed by atoms with Gasteiger partial charge in [-0.1, -0.05) is 12.1 Å². The molecule has 0 radical (unpaired) electrons. The van der Waals surface area contributed by atoms with Gasteiger partial charge in [-0.2, -0.15) is 0 Å². The Balaban J connectivity index is 1.59. The van der Waals surface area contributed by atoms with Gasteiger partial charge < -0.3 is 4.74 Å². The van der Waals surface area contributed by atoms with Gasteiger partial charge in [0.25, 0.3) is 0 Å². The van der Waals surface area contributed by atoms with Crippen molar-refractivity contribution >= 4 is 17.6 Å². The summed E-state index contributed by atoms with van der Waals surface area (Å²) in [4.78, 5) is 38.9. The van der Waals surface area contributed by atoms with Crippen molar-refractivity contribution < 1.29 is 19.1 Å². The Hall–Kier alpha value is -2.17. The third-order valence-corrected chi connectivity index (χ3v) is 5.66. The van der Waals surface area contributed by atoms with Gasteiger partial charge in [-0.05, 0) is 36.5 Å².